The third-order valence-corrected chi connectivity index (χ3v) is 3.84. The second-order valence-corrected chi connectivity index (χ2v) is 6.13. The summed E-state index contributed by atoms with van der Waals surface area (Å²) in [6.07, 6.45) is 1.08. The van der Waals surface area contributed by atoms with Crippen molar-refractivity contribution in [2.45, 2.75) is 20.3 Å². The summed E-state index contributed by atoms with van der Waals surface area (Å²) in [6.45, 7) is 5.16. The van der Waals surface area contributed by atoms with Gasteiger partial charge in [-0.2, -0.15) is 0 Å². The lowest BCUT2D eigenvalue weighted by Crippen LogP contribution is -2.44. The predicted octanol–water partition coefficient (Wildman–Crippen LogP) is 2.26. The van der Waals surface area contributed by atoms with Crippen molar-refractivity contribution in [3.8, 4) is 0 Å². The van der Waals surface area contributed by atoms with Gasteiger partial charge >= 0.3 is 5.97 Å². The number of piperidine rings is 1. The van der Waals surface area contributed by atoms with Crippen LogP contribution in [0, 0.1) is 22.0 Å². The number of ether oxygens (including phenoxy) is 1. The van der Waals surface area contributed by atoms with Crippen LogP contribution in [0.1, 0.15) is 30.6 Å². The molecule has 2 unspecified atom stereocenters. The number of benzene rings is 1. The van der Waals surface area contributed by atoms with E-state index >= 15 is 0 Å². The largest absolute Gasteiger partial charge is 0.452 e. The van der Waals surface area contributed by atoms with Crippen molar-refractivity contribution in [2.75, 3.05) is 19.7 Å². The first-order chi connectivity index (χ1) is 10.9. The van der Waals surface area contributed by atoms with Gasteiger partial charge < -0.3 is 9.64 Å². The van der Waals surface area contributed by atoms with Crippen molar-refractivity contribution in [1.82, 2.24) is 4.90 Å². The molecule has 1 aliphatic heterocycles. The number of nitro benzene ring substituents is 1. The molecule has 23 heavy (non-hydrogen) atoms. The summed E-state index contributed by atoms with van der Waals surface area (Å²) in [4.78, 5) is 35.9. The van der Waals surface area contributed by atoms with Crippen LogP contribution >= 0.6 is 0 Å². The van der Waals surface area contributed by atoms with Crippen molar-refractivity contribution in [1.29, 1.82) is 0 Å². The Balaban J connectivity index is 1.92. The third-order valence-electron chi connectivity index (χ3n) is 3.84. The van der Waals surface area contributed by atoms with E-state index in [0.717, 1.165) is 12.5 Å². The Labute approximate surface area is 134 Å². The summed E-state index contributed by atoms with van der Waals surface area (Å²) in [5, 5.41) is 10.7. The zero-order valence-electron chi connectivity index (χ0n) is 13.2. The molecule has 1 fully saturated rings. The van der Waals surface area contributed by atoms with Gasteiger partial charge in [-0.3, -0.25) is 14.9 Å². The van der Waals surface area contributed by atoms with Crippen molar-refractivity contribution < 1.29 is 19.2 Å². The Kier molecular flexibility index (Phi) is 5.31. The van der Waals surface area contributed by atoms with Gasteiger partial charge in [-0.25, -0.2) is 4.79 Å². The highest BCUT2D eigenvalue weighted by atomic mass is 16.6. The molecule has 1 aliphatic rings. The maximum Gasteiger partial charge on any atom is 0.338 e. The summed E-state index contributed by atoms with van der Waals surface area (Å²) in [7, 11) is 0. The quantitative estimate of drug-likeness (QED) is 0.482. The summed E-state index contributed by atoms with van der Waals surface area (Å²) in [6, 6.07) is 5.26. The van der Waals surface area contributed by atoms with E-state index in [1.807, 2.05) is 0 Å². The zero-order chi connectivity index (χ0) is 17.0. The second-order valence-electron chi connectivity index (χ2n) is 6.13. The number of hydrogen-bond acceptors (Lipinski definition) is 5. The molecule has 1 amide bonds. The zero-order valence-corrected chi connectivity index (χ0v) is 13.2. The van der Waals surface area contributed by atoms with E-state index in [-0.39, 0.29) is 23.8 Å². The minimum absolute atomic E-state index is 0.0624. The van der Waals surface area contributed by atoms with Crippen LogP contribution in [0.25, 0.3) is 0 Å². The van der Waals surface area contributed by atoms with Gasteiger partial charge in [0.15, 0.2) is 6.61 Å². The van der Waals surface area contributed by atoms with Gasteiger partial charge in [0.25, 0.3) is 11.6 Å². The number of nitro groups is 1. The number of carbonyl (C=O) groups excluding carboxylic acids is 2. The van der Waals surface area contributed by atoms with Crippen LogP contribution in [0.15, 0.2) is 24.3 Å². The van der Waals surface area contributed by atoms with Crippen molar-refractivity contribution in [3.63, 3.8) is 0 Å². The van der Waals surface area contributed by atoms with E-state index in [9.17, 15) is 19.7 Å². The number of non-ortho nitro benzene ring substituents is 1. The molecular weight excluding hydrogens is 300 g/mol. The molecule has 0 bridgehead atoms. The topological polar surface area (TPSA) is 89.8 Å². The summed E-state index contributed by atoms with van der Waals surface area (Å²) < 4.78 is 5.00. The maximum absolute atomic E-state index is 12.1. The smallest absolute Gasteiger partial charge is 0.338 e. The molecule has 1 heterocycles. The van der Waals surface area contributed by atoms with Crippen LogP contribution in [0.3, 0.4) is 0 Å². The molecule has 0 aromatic heterocycles. The van der Waals surface area contributed by atoms with Gasteiger partial charge in [-0.15, -0.1) is 0 Å². The van der Waals surface area contributed by atoms with E-state index in [2.05, 4.69) is 13.8 Å². The highest BCUT2D eigenvalue weighted by Crippen LogP contribution is 2.21. The first-order valence-electron chi connectivity index (χ1n) is 7.56. The molecule has 124 valence electrons. The molecule has 0 aliphatic carbocycles. The van der Waals surface area contributed by atoms with Gasteiger partial charge in [-0.1, -0.05) is 19.9 Å². The number of rotatable bonds is 4. The molecule has 1 aromatic rings. The van der Waals surface area contributed by atoms with Crippen molar-refractivity contribution >= 4 is 17.6 Å². The predicted molar refractivity (Wildman–Crippen MR) is 82.9 cm³/mol. The normalized spacial score (nSPS) is 20.9. The first kappa shape index (κ1) is 16.9. The molecule has 2 rings (SSSR count). The summed E-state index contributed by atoms with van der Waals surface area (Å²) >= 11 is 0. The fraction of sp³-hybridized carbons (Fsp3) is 0.500. The average molecular weight is 320 g/mol. The minimum atomic E-state index is -0.736. The average Bonchev–Trinajstić information content (AvgIpc) is 2.51. The van der Waals surface area contributed by atoms with Crippen LogP contribution < -0.4 is 0 Å². The number of likely N-dealkylation sites (tertiary alicyclic amines) is 1. The Morgan fingerprint density at radius 1 is 1.30 bits per heavy atom. The molecule has 2 atom stereocenters. The fourth-order valence-corrected chi connectivity index (χ4v) is 2.91. The van der Waals surface area contributed by atoms with Crippen molar-refractivity contribution in [3.05, 3.63) is 39.9 Å². The highest BCUT2D eigenvalue weighted by Gasteiger charge is 2.26. The summed E-state index contributed by atoms with van der Waals surface area (Å²) in [5.41, 5.74) is -0.128. The lowest BCUT2D eigenvalue weighted by molar-refractivity contribution is -0.384. The SMILES string of the molecule is CC1CC(C)CN(C(=O)COC(=O)c2cccc([N+](=O)[O-])c2)C1. The highest BCUT2D eigenvalue weighted by molar-refractivity contribution is 5.91. The Hall–Kier alpha value is -2.44. The summed E-state index contributed by atoms with van der Waals surface area (Å²) in [5.74, 6) is -0.118. The van der Waals surface area contributed by atoms with Crippen LogP contribution in [0.2, 0.25) is 0 Å². The molecule has 1 aromatic carbocycles. The van der Waals surface area contributed by atoms with Gasteiger partial charge in [-0.05, 0) is 24.3 Å². The second kappa shape index (κ2) is 7.21. The molecular formula is C16H20N2O5. The van der Waals surface area contributed by atoms with Gasteiger partial charge in [0, 0.05) is 25.2 Å². The Morgan fingerprint density at radius 3 is 2.57 bits per heavy atom. The Bertz CT molecular complexity index is 606. The molecule has 7 nitrogen and oxygen atoms in total. The van der Waals surface area contributed by atoms with E-state index in [0.29, 0.717) is 24.9 Å². The lowest BCUT2D eigenvalue weighted by Gasteiger charge is -2.34. The molecule has 0 saturated carbocycles. The Morgan fingerprint density at radius 2 is 1.96 bits per heavy atom. The van der Waals surface area contributed by atoms with E-state index < -0.39 is 10.9 Å². The van der Waals surface area contributed by atoms with E-state index in [1.54, 1.807) is 4.90 Å². The van der Waals surface area contributed by atoms with Crippen LogP contribution in [0.4, 0.5) is 5.69 Å². The standard InChI is InChI=1S/C16H20N2O5/c1-11-6-12(2)9-17(8-11)15(19)10-23-16(20)13-4-3-5-14(7-13)18(21)22/h3-5,7,11-12H,6,8-10H2,1-2H3. The first-order valence-corrected chi connectivity index (χ1v) is 7.56. The third kappa shape index (κ3) is 4.51. The van der Waals surface area contributed by atoms with Gasteiger partial charge in [0.1, 0.15) is 0 Å². The van der Waals surface area contributed by atoms with Gasteiger partial charge in [0.05, 0.1) is 10.5 Å². The monoisotopic (exact) mass is 320 g/mol. The molecule has 0 radical (unpaired) electrons. The molecule has 0 spiro atoms. The number of hydrogen-bond donors (Lipinski definition) is 0. The number of nitrogens with zero attached hydrogens (tertiary/aromatic N) is 2. The molecule has 0 N–H and O–H groups in total. The molecule has 7 heteroatoms. The van der Waals surface area contributed by atoms with Gasteiger partial charge in [0.2, 0.25) is 0 Å². The van der Waals surface area contributed by atoms with E-state index in [4.69, 9.17) is 4.74 Å². The molecule has 1 saturated heterocycles. The van der Waals surface area contributed by atoms with Crippen LogP contribution in [-0.4, -0.2) is 41.4 Å². The number of esters is 1. The maximum atomic E-state index is 12.1. The lowest BCUT2D eigenvalue weighted by atomic mass is 9.92. The number of amides is 1. The fourth-order valence-electron chi connectivity index (χ4n) is 2.91. The van der Waals surface area contributed by atoms with E-state index in [1.165, 1.54) is 18.2 Å². The van der Waals surface area contributed by atoms with Crippen LogP contribution in [-0.2, 0) is 9.53 Å². The van der Waals surface area contributed by atoms with Crippen LogP contribution in [0.5, 0.6) is 0 Å². The number of carbonyl (C=O) groups is 2. The minimum Gasteiger partial charge on any atom is -0.452 e. The van der Waals surface area contributed by atoms with Crippen molar-refractivity contribution in [2.24, 2.45) is 11.8 Å².